The van der Waals surface area contributed by atoms with Crippen molar-refractivity contribution in [3.8, 4) is 5.69 Å². The molecule has 15 aliphatic rings. The monoisotopic (exact) mass is 1370 g/mol. The molecule has 538 valence electrons. The van der Waals surface area contributed by atoms with Crippen LogP contribution in [-0.2, 0) is 40.0 Å². The fourth-order valence-electron chi connectivity index (χ4n) is 24.0. The van der Waals surface area contributed by atoms with E-state index in [0.717, 1.165) is 161 Å². The van der Waals surface area contributed by atoms with E-state index in [-0.39, 0.29) is 65.4 Å². The van der Waals surface area contributed by atoms with Crippen LogP contribution in [0.25, 0.3) is 5.69 Å². The zero-order chi connectivity index (χ0) is 68.3. The molecule has 3 heterocycles. The Morgan fingerprint density at radius 2 is 1.11 bits per heavy atom. The van der Waals surface area contributed by atoms with E-state index in [1.165, 1.54) is 151 Å². The molecular weight excluding hydrogens is 1250 g/mol. The van der Waals surface area contributed by atoms with Gasteiger partial charge in [-0.25, -0.2) is 9.07 Å². The number of aromatic nitrogens is 6. The van der Waals surface area contributed by atoms with Gasteiger partial charge in [-0.05, 0) is 289 Å². The third-order valence-electron chi connectivity index (χ3n) is 28.0. The molecule has 10 bridgehead atoms. The maximum Gasteiger partial charge on any atom is 0.311 e. The summed E-state index contributed by atoms with van der Waals surface area (Å²) in [6.45, 7) is 4.42. The van der Waals surface area contributed by atoms with Gasteiger partial charge in [-0.2, -0.15) is 15.3 Å². The number of rotatable bonds is 16. The van der Waals surface area contributed by atoms with Gasteiger partial charge in [-0.3, -0.25) is 28.5 Å². The molecule has 16 nitrogen and oxygen atoms in total. The summed E-state index contributed by atoms with van der Waals surface area (Å²) in [5.74, 6) is 5.81. The van der Waals surface area contributed by atoms with E-state index < -0.39 is 6.10 Å². The maximum atomic E-state index is 13.9. The molecule has 0 aliphatic heterocycles. The molecular formula is C83H112FN9O7. The van der Waals surface area contributed by atoms with Crippen molar-refractivity contribution in [3.05, 3.63) is 117 Å². The predicted octanol–water partition coefficient (Wildman–Crippen LogP) is 15.8. The Morgan fingerprint density at radius 3 is 1.73 bits per heavy atom. The first-order valence-corrected chi connectivity index (χ1v) is 40.2. The molecule has 8 atom stereocenters. The smallest absolute Gasteiger partial charge is 0.311 e. The molecule has 3 amide bonds. The number of ether oxygens (including phenoxy) is 2. The van der Waals surface area contributed by atoms with Gasteiger partial charge in [0.05, 0.1) is 59.6 Å². The highest BCUT2D eigenvalue weighted by atomic mass is 19.1. The standard InChI is InChI=1S/C32H36FN3O3.C26H39N3O2.C25H37N3O2/c1-2-39-32(38)27-22-13-14-23(19-22)28(27)34-31(37)29-26-10-6-9-21(12-11-20-7-4-3-5-8-20)30(26)36(35-29)25-17-15-24(33)16-18-25;1-16(26-13-17-10-18(14-26)12-19(11-17)15-26)27-25(31)23-21-8-5-9-22(30)24(21)29(28-23)20-6-3-2-4-7-20;1-30-21-9-5-8-20-23(27-28(24(20)21)19-6-3-2-4-7-19)25(29)26-22-17-11-15-10-16(13-17)14-18(22)12-15/h3-5,7-8,15-18,21-23,27-28H,2,6,9-14,19H2,1H3,(H,34,37);16-20,22,30H,2-15H2,1H3,(H,27,31);15-19,21-22H,2-14H2,1H3,(H,26,29)/t21?,22?,23?,27-,28+;;/m0../s1. The van der Waals surface area contributed by atoms with Gasteiger partial charge >= 0.3 is 5.97 Å². The van der Waals surface area contributed by atoms with Gasteiger partial charge in [0.1, 0.15) is 5.82 Å². The van der Waals surface area contributed by atoms with Crippen LogP contribution in [0.4, 0.5) is 4.39 Å². The number of fused-ring (bicyclic) bond motifs is 5. The van der Waals surface area contributed by atoms with Crippen LogP contribution in [0.15, 0.2) is 54.6 Å². The maximum absolute atomic E-state index is 13.9. The molecule has 100 heavy (non-hydrogen) atoms. The Bertz CT molecular complexity index is 3690. The van der Waals surface area contributed by atoms with Gasteiger partial charge in [-0.1, -0.05) is 68.9 Å². The zero-order valence-corrected chi connectivity index (χ0v) is 60.0. The number of methoxy groups -OCH3 is 1. The number of carbonyl (C=O) groups excluding carboxylic acids is 4. The molecule has 0 radical (unpaired) electrons. The Balaban J connectivity index is 0.000000118. The van der Waals surface area contributed by atoms with Crippen LogP contribution >= 0.6 is 0 Å². The van der Waals surface area contributed by atoms with Crippen LogP contribution in [0.1, 0.15) is 314 Å². The second kappa shape index (κ2) is 29.1. The van der Waals surface area contributed by atoms with Crippen molar-refractivity contribution < 1.29 is 38.1 Å². The average Bonchev–Trinajstić information content (AvgIpc) is 1.10. The summed E-state index contributed by atoms with van der Waals surface area (Å²) in [7, 11) is 1.81. The molecule has 2 aromatic carbocycles. The number of benzene rings is 2. The number of aliphatic hydroxyl groups is 1. The van der Waals surface area contributed by atoms with E-state index in [4.69, 9.17) is 24.8 Å². The van der Waals surface area contributed by atoms with Crippen LogP contribution < -0.4 is 16.0 Å². The van der Waals surface area contributed by atoms with Crippen LogP contribution in [0.5, 0.6) is 0 Å². The molecule has 15 aliphatic carbocycles. The lowest BCUT2D eigenvalue weighted by atomic mass is 9.48. The summed E-state index contributed by atoms with van der Waals surface area (Å²) in [5.41, 5.74) is 10.5. The van der Waals surface area contributed by atoms with Crippen LogP contribution in [0, 0.1) is 70.4 Å². The van der Waals surface area contributed by atoms with Crippen molar-refractivity contribution in [2.45, 2.75) is 287 Å². The van der Waals surface area contributed by atoms with E-state index in [2.05, 4.69) is 56.5 Å². The normalized spacial score (nSPS) is 33.1. The second-order valence-corrected chi connectivity index (χ2v) is 34.2. The van der Waals surface area contributed by atoms with Gasteiger partial charge in [0.25, 0.3) is 17.7 Å². The first-order chi connectivity index (χ1) is 48.8. The number of halogens is 1. The van der Waals surface area contributed by atoms with Crippen molar-refractivity contribution in [1.82, 2.24) is 45.3 Å². The lowest BCUT2D eigenvalue weighted by Crippen LogP contribution is -2.56. The van der Waals surface area contributed by atoms with Crippen molar-refractivity contribution in [1.29, 1.82) is 0 Å². The second-order valence-electron chi connectivity index (χ2n) is 34.2. The number of nitrogens with one attached hydrogen (secondary N) is 3. The van der Waals surface area contributed by atoms with E-state index in [1.54, 1.807) is 12.1 Å². The molecule has 12 fully saturated rings. The first-order valence-electron chi connectivity index (χ1n) is 40.2. The Labute approximate surface area is 592 Å². The largest absolute Gasteiger partial charge is 0.466 e. The molecule has 3 aromatic heterocycles. The summed E-state index contributed by atoms with van der Waals surface area (Å²) in [4.78, 5) is 53.8. The van der Waals surface area contributed by atoms with Crippen LogP contribution in [0.3, 0.4) is 0 Å². The third kappa shape index (κ3) is 13.4. The summed E-state index contributed by atoms with van der Waals surface area (Å²) < 4.78 is 31.2. The van der Waals surface area contributed by atoms with Gasteiger partial charge in [0.2, 0.25) is 0 Å². The highest BCUT2D eigenvalue weighted by Crippen LogP contribution is 2.62. The van der Waals surface area contributed by atoms with Gasteiger partial charge < -0.3 is 30.5 Å². The number of amides is 3. The molecule has 6 unspecified atom stereocenters. The SMILES string of the molecule is CC(NC(=O)c1nn(C2CCCCC2)c2c1CCCC2O)C12CC3CC(CC(C3)C1)C2.CCOC(=O)[C@H]1C2CCC(C2)[C@H]1NC(=O)c1nn(-c2ccc(F)cc2)c2c1CCCC2CCc1ccccc1.COC1CCCc2c(C(=O)NC3C4CC5CC(C4)CC3C5)nn(C3CCCCC3)c21. The van der Waals surface area contributed by atoms with E-state index in [0.29, 0.717) is 65.0 Å². The van der Waals surface area contributed by atoms with E-state index in [1.807, 2.05) is 24.8 Å². The number of hydrogen-bond acceptors (Lipinski definition) is 10. The molecule has 4 N–H and O–H groups in total. The minimum absolute atomic E-state index is 0.00292. The fraction of sp³-hybridized carbons (Fsp3) is 0.699. The Hall–Kier alpha value is -6.20. The highest BCUT2D eigenvalue weighted by molar-refractivity contribution is 5.96. The fourth-order valence-corrected chi connectivity index (χ4v) is 24.0. The Morgan fingerprint density at radius 1 is 0.570 bits per heavy atom. The minimum atomic E-state index is -0.472. The van der Waals surface area contributed by atoms with Crippen LogP contribution in [0.2, 0.25) is 0 Å². The van der Waals surface area contributed by atoms with Gasteiger partial charge in [0.15, 0.2) is 17.1 Å². The van der Waals surface area contributed by atoms with Crippen LogP contribution in [-0.4, -0.2) is 90.0 Å². The number of nitrogens with zero attached hydrogens (tertiary/aromatic N) is 6. The molecule has 0 spiro atoms. The molecule has 20 rings (SSSR count). The quantitative estimate of drug-likeness (QED) is 0.0690. The lowest BCUT2D eigenvalue weighted by molar-refractivity contribution is -0.150. The summed E-state index contributed by atoms with van der Waals surface area (Å²) in [6.07, 6.45) is 40.1. The minimum Gasteiger partial charge on any atom is -0.466 e. The lowest BCUT2D eigenvalue weighted by Gasteiger charge is -2.59. The summed E-state index contributed by atoms with van der Waals surface area (Å²) in [6, 6.07) is 17.9. The molecule has 12 saturated carbocycles. The molecule has 0 saturated heterocycles. The van der Waals surface area contributed by atoms with Crippen molar-refractivity contribution >= 4 is 23.7 Å². The highest BCUT2D eigenvalue weighted by Gasteiger charge is 2.55. The third-order valence-corrected chi connectivity index (χ3v) is 28.0. The van der Waals surface area contributed by atoms with Crippen molar-refractivity contribution in [2.24, 2.45) is 64.6 Å². The molecule has 5 aromatic rings. The summed E-state index contributed by atoms with van der Waals surface area (Å²) in [5, 5.41) is 35.8. The van der Waals surface area contributed by atoms with Gasteiger partial charge in [0, 0.05) is 47.8 Å². The zero-order valence-electron chi connectivity index (χ0n) is 60.0. The number of hydrogen-bond donors (Lipinski definition) is 4. The predicted molar refractivity (Wildman–Crippen MR) is 381 cm³/mol. The average molecular weight is 1370 g/mol. The van der Waals surface area contributed by atoms with Crippen molar-refractivity contribution in [3.63, 3.8) is 0 Å². The molecule has 17 heteroatoms. The van der Waals surface area contributed by atoms with E-state index >= 15 is 0 Å². The van der Waals surface area contributed by atoms with Crippen molar-refractivity contribution in [2.75, 3.05) is 13.7 Å². The number of esters is 1. The van der Waals surface area contributed by atoms with Gasteiger partial charge in [-0.15, -0.1) is 0 Å². The number of aliphatic hydroxyl groups excluding tert-OH is 1. The number of aryl methyl sites for hydroxylation is 1. The van der Waals surface area contributed by atoms with E-state index in [9.17, 15) is 28.7 Å². The summed E-state index contributed by atoms with van der Waals surface area (Å²) >= 11 is 0. The topological polar surface area (TPSA) is 197 Å². The first kappa shape index (κ1) is 68.2. The number of carbonyl (C=O) groups is 4. The Kier molecular flexibility index (Phi) is 19.9.